The molecule has 0 N–H and O–H groups in total. The van der Waals surface area contributed by atoms with Crippen LogP contribution in [-0.2, 0) is 0 Å². The van der Waals surface area contributed by atoms with Crippen LogP contribution >= 0.6 is 0 Å². The predicted octanol–water partition coefficient (Wildman–Crippen LogP) is 3.17. The van der Waals surface area contributed by atoms with Crippen LogP contribution in [0, 0.1) is 6.92 Å². The Labute approximate surface area is 110 Å². The molecule has 0 aromatic heterocycles. The maximum atomic E-state index is 2.56. The fourth-order valence-corrected chi connectivity index (χ4v) is 3.48. The molecule has 18 heavy (non-hydrogen) atoms. The Morgan fingerprint density at radius 2 is 1.94 bits per heavy atom. The Morgan fingerprint density at radius 1 is 1.17 bits per heavy atom. The van der Waals surface area contributed by atoms with Crippen LogP contribution in [0.4, 0.5) is 5.69 Å². The molecule has 96 valence electrons. The van der Waals surface area contributed by atoms with Crippen molar-refractivity contribution in [2.45, 2.75) is 45.1 Å². The lowest BCUT2D eigenvalue weighted by Crippen LogP contribution is -2.41. The van der Waals surface area contributed by atoms with Crippen molar-refractivity contribution in [3.63, 3.8) is 0 Å². The first-order valence-electron chi connectivity index (χ1n) is 7.17. The summed E-state index contributed by atoms with van der Waals surface area (Å²) in [7, 11) is 2.22. The molecule has 2 aliphatic rings. The molecule has 1 aliphatic carbocycles. The van der Waals surface area contributed by atoms with Crippen molar-refractivity contribution < 1.29 is 4.58 Å². The van der Waals surface area contributed by atoms with E-state index < -0.39 is 0 Å². The monoisotopic (exact) mass is 243 g/mol. The highest BCUT2D eigenvalue weighted by molar-refractivity contribution is 5.87. The van der Waals surface area contributed by atoms with Crippen LogP contribution in [0.2, 0.25) is 0 Å². The van der Waals surface area contributed by atoms with Gasteiger partial charge in [-0.25, -0.2) is 4.58 Å². The molecule has 1 aromatic rings. The van der Waals surface area contributed by atoms with Crippen LogP contribution in [0.3, 0.4) is 0 Å². The average Bonchev–Trinajstić information content (AvgIpc) is 2.39. The molecular formula is C16H23N2+. The third-order valence-corrected chi connectivity index (χ3v) is 4.37. The summed E-state index contributed by atoms with van der Waals surface area (Å²) in [6, 6.07) is 7.38. The highest BCUT2D eigenvalue weighted by atomic mass is 15.3. The number of aryl methyl sites for hydroxylation is 1. The molecule has 1 aromatic carbocycles. The van der Waals surface area contributed by atoms with Gasteiger partial charge < -0.3 is 4.90 Å². The lowest BCUT2D eigenvalue weighted by molar-refractivity contribution is -0.565. The Balaban J connectivity index is 1.94. The second-order valence-corrected chi connectivity index (χ2v) is 5.79. The van der Waals surface area contributed by atoms with Gasteiger partial charge in [0.2, 0.25) is 6.67 Å². The normalized spacial score (nSPS) is 20.6. The number of rotatable bonds is 1. The zero-order chi connectivity index (χ0) is 12.5. The van der Waals surface area contributed by atoms with E-state index in [2.05, 4.69) is 47.9 Å². The molecule has 2 heteroatoms. The Hall–Kier alpha value is -1.31. The molecule has 1 saturated carbocycles. The van der Waals surface area contributed by atoms with Gasteiger partial charge in [0.05, 0.1) is 11.3 Å². The van der Waals surface area contributed by atoms with Crippen LogP contribution in [0.1, 0.15) is 43.2 Å². The van der Waals surface area contributed by atoms with Crippen molar-refractivity contribution in [1.29, 1.82) is 0 Å². The van der Waals surface area contributed by atoms with Crippen LogP contribution < -0.4 is 4.90 Å². The maximum absolute atomic E-state index is 2.56. The van der Waals surface area contributed by atoms with Gasteiger partial charge in [-0.1, -0.05) is 18.6 Å². The predicted molar refractivity (Wildman–Crippen MR) is 76.7 cm³/mol. The maximum Gasteiger partial charge on any atom is 0.218 e. The summed E-state index contributed by atoms with van der Waals surface area (Å²) in [6.45, 7) is 3.25. The van der Waals surface area contributed by atoms with E-state index in [1.807, 2.05) is 0 Å². The SMILES string of the molecule is Cc1cccc2c1N(C)C[N+](C1CCCCC1)=C2. The first-order chi connectivity index (χ1) is 8.75. The number of anilines is 1. The van der Waals surface area contributed by atoms with Gasteiger partial charge in [0.1, 0.15) is 0 Å². The van der Waals surface area contributed by atoms with Gasteiger partial charge in [0.25, 0.3) is 0 Å². The van der Waals surface area contributed by atoms with Crippen molar-refractivity contribution in [3.05, 3.63) is 29.3 Å². The van der Waals surface area contributed by atoms with E-state index in [-0.39, 0.29) is 0 Å². The average molecular weight is 243 g/mol. The first-order valence-corrected chi connectivity index (χ1v) is 7.17. The minimum Gasteiger partial charge on any atom is -0.319 e. The summed E-state index contributed by atoms with van der Waals surface area (Å²) in [6.07, 6.45) is 9.35. The molecule has 2 nitrogen and oxygen atoms in total. The van der Waals surface area contributed by atoms with Crippen molar-refractivity contribution in [1.82, 2.24) is 0 Å². The molecule has 0 bridgehead atoms. The second kappa shape index (κ2) is 4.75. The number of hydrogen-bond acceptors (Lipinski definition) is 1. The van der Waals surface area contributed by atoms with E-state index in [9.17, 15) is 0 Å². The molecule has 0 amide bonds. The number of hydrogen-bond donors (Lipinski definition) is 0. The van der Waals surface area contributed by atoms with Gasteiger partial charge in [0, 0.05) is 19.9 Å². The second-order valence-electron chi connectivity index (χ2n) is 5.79. The van der Waals surface area contributed by atoms with E-state index in [0.717, 1.165) is 12.7 Å². The van der Waals surface area contributed by atoms with Crippen LogP contribution in [0.25, 0.3) is 0 Å². The van der Waals surface area contributed by atoms with Crippen molar-refractivity contribution in [2.75, 3.05) is 18.6 Å². The summed E-state index contributed by atoms with van der Waals surface area (Å²) >= 11 is 0. The lowest BCUT2D eigenvalue weighted by atomic mass is 9.94. The fourth-order valence-electron chi connectivity index (χ4n) is 3.48. The van der Waals surface area contributed by atoms with Gasteiger partial charge in [0.15, 0.2) is 12.3 Å². The third-order valence-electron chi connectivity index (χ3n) is 4.37. The number of para-hydroxylation sites is 1. The molecule has 0 radical (unpaired) electrons. The molecule has 1 fully saturated rings. The van der Waals surface area contributed by atoms with Gasteiger partial charge >= 0.3 is 0 Å². The van der Waals surface area contributed by atoms with Crippen LogP contribution in [-0.4, -0.2) is 30.5 Å². The van der Waals surface area contributed by atoms with Gasteiger partial charge in [-0.05, 0) is 31.4 Å². The molecule has 0 atom stereocenters. The first kappa shape index (κ1) is 11.8. The van der Waals surface area contributed by atoms with Crippen LogP contribution in [0.15, 0.2) is 18.2 Å². The summed E-state index contributed by atoms with van der Waals surface area (Å²) in [4.78, 5) is 2.40. The molecule has 1 aliphatic heterocycles. The highest BCUT2D eigenvalue weighted by Crippen LogP contribution is 2.28. The molecule has 1 heterocycles. The topological polar surface area (TPSA) is 6.25 Å². The summed E-state index contributed by atoms with van der Waals surface area (Å²) in [5, 5.41) is 0. The standard InChI is InChI=1S/C16H23N2/c1-13-7-6-8-14-11-18(12-17(2)16(13)14)15-9-4-3-5-10-15/h6-8,11,15H,3-5,9-10,12H2,1-2H3/q+1. The molecule has 0 spiro atoms. The van der Waals surface area contributed by atoms with Crippen molar-refractivity contribution in [3.8, 4) is 0 Å². The van der Waals surface area contributed by atoms with Gasteiger partial charge in [-0.3, -0.25) is 0 Å². The van der Waals surface area contributed by atoms with E-state index in [0.29, 0.717) is 0 Å². The van der Waals surface area contributed by atoms with Crippen molar-refractivity contribution >= 4 is 11.9 Å². The number of benzene rings is 1. The lowest BCUT2D eigenvalue weighted by Gasteiger charge is -2.29. The van der Waals surface area contributed by atoms with E-state index in [1.54, 1.807) is 0 Å². The van der Waals surface area contributed by atoms with E-state index in [1.165, 1.54) is 48.9 Å². The van der Waals surface area contributed by atoms with E-state index >= 15 is 0 Å². The smallest absolute Gasteiger partial charge is 0.218 e. The molecule has 3 rings (SSSR count). The largest absolute Gasteiger partial charge is 0.319 e. The summed E-state index contributed by atoms with van der Waals surface area (Å²) in [5.41, 5.74) is 4.17. The minimum atomic E-state index is 0.759. The van der Waals surface area contributed by atoms with Gasteiger partial charge in [-0.2, -0.15) is 0 Å². The highest BCUT2D eigenvalue weighted by Gasteiger charge is 2.28. The Morgan fingerprint density at radius 3 is 2.72 bits per heavy atom. The minimum absolute atomic E-state index is 0.759. The van der Waals surface area contributed by atoms with Crippen LogP contribution in [0.5, 0.6) is 0 Å². The molecule has 0 unspecified atom stereocenters. The quantitative estimate of drug-likeness (QED) is 0.687. The zero-order valence-electron chi connectivity index (χ0n) is 11.5. The number of fused-ring (bicyclic) bond motifs is 1. The summed E-state index contributed by atoms with van der Waals surface area (Å²) in [5.74, 6) is 0. The Bertz CT molecular complexity index is 470. The van der Waals surface area contributed by atoms with Crippen molar-refractivity contribution in [2.24, 2.45) is 0 Å². The summed E-state index contributed by atoms with van der Waals surface area (Å²) < 4.78 is 2.56. The Kier molecular flexibility index (Phi) is 3.11. The zero-order valence-corrected chi connectivity index (χ0v) is 11.5. The molecule has 0 saturated heterocycles. The van der Waals surface area contributed by atoms with E-state index in [4.69, 9.17) is 0 Å². The number of nitrogens with zero attached hydrogens (tertiary/aromatic N) is 2. The molecular weight excluding hydrogens is 220 g/mol. The fraction of sp³-hybridized carbons (Fsp3) is 0.562. The third kappa shape index (κ3) is 2.05. The van der Waals surface area contributed by atoms with Gasteiger partial charge in [-0.15, -0.1) is 0 Å².